The van der Waals surface area contributed by atoms with Gasteiger partial charge in [0, 0.05) is 25.3 Å². The summed E-state index contributed by atoms with van der Waals surface area (Å²) < 4.78 is 5.54. The molecule has 0 saturated heterocycles. The third-order valence-electron chi connectivity index (χ3n) is 3.31. The molecule has 2 aromatic carbocycles. The molecule has 0 aliphatic heterocycles. The van der Waals surface area contributed by atoms with Gasteiger partial charge >= 0.3 is 0 Å². The number of carbonyl (C=O) groups excluding carboxylic acids is 1. The Morgan fingerprint density at radius 2 is 1.96 bits per heavy atom. The van der Waals surface area contributed by atoms with E-state index in [1.165, 1.54) is 23.1 Å². The topological polar surface area (TPSA) is 72.7 Å². The van der Waals surface area contributed by atoms with Gasteiger partial charge in [0.05, 0.1) is 11.5 Å². The lowest BCUT2D eigenvalue weighted by Gasteiger charge is -2.15. The van der Waals surface area contributed by atoms with Gasteiger partial charge in [-0.2, -0.15) is 0 Å². The van der Waals surface area contributed by atoms with Gasteiger partial charge in [-0.15, -0.1) is 0 Å². The zero-order chi connectivity index (χ0) is 17.4. The van der Waals surface area contributed by atoms with E-state index in [1.54, 1.807) is 25.3 Å². The van der Waals surface area contributed by atoms with Crippen molar-refractivity contribution in [3.63, 3.8) is 0 Å². The predicted octanol–water partition coefficient (Wildman–Crippen LogP) is 3.15. The maximum absolute atomic E-state index is 12.0. The molecule has 2 aromatic rings. The molecule has 0 saturated carbocycles. The maximum Gasteiger partial charge on any atom is 0.270 e. The highest BCUT2D eigenvalue weighted by Crippen LogP contribution is 2.14. The summed E-state index contributed by atoms with van der Waals surface area (Å²) in [6.45, 7) is 0.823. The molecule has 0 bridgehead atoms. The number of carbonyl (C=O) groups is 1. The van der Waals surface area contributed by atoms with Crippen LogP contribution in [0, 0.1) is 10.1 Å². The molecule has 0 unspecified atom stereocenters. The molecule has 0 N–H and O–H groups in total. The summed E-state index contributed by atoms with van der Waals surface area (Å²) >= 11 is 0. The van der Waals surface area contributed by atoms with Crippen LogP contribution >= 0.6 is 0 Å². The van der Waals surface area contributed by atoms with Crippen molar-refractivity contribution in [2.45, 2.75) is 0 Å². The van der Waals surface area contributed by atoms with E-state index in [4.69, 9.17) is 4.74 Å². The van der Waals surface area contributed by atoms with Crippen LogP contribution in [0.15, 0.2) is 60.7 Å². The SMILES string of the molecule is CN(CCOc1ccccc1)C(=O)/C=C/c1cccc([N+](=O)[O-])c1. The number of rotatable bonds is 7. The van der Waals surface area contributed by atoms with Gasteiger partial charge in [-0.3, -0.25) is 14.9 Å². The van der Waals surface area contributed by atoms with Crippen molar-refractivity contribution >= 4 is 17.7 Å². The standard InChI is InChI=1S/C18H18N2O4/c1-19(12-13-24-17-8-3-2-4-9-17)18(21)11-10-15-6-5-7-16(14-15)20(22)23/h2-11,14H,12-13H2,1H3/b11-10+. The van der Waals surface area contributed by atoms with Crippen LogP contribution in [0.1, 0.15) is 5.56 Å². The van der Waals surface area contributed by atoms with E-state index in [9.17, 15) is 14.9 Å². The van der Waals surface area contributed by atoms with E-state index in [-0.39, 0.29) is 11.6 Å². The number of nitro groups is 1. The molecule has 2 rings (SSSR count). The quantitative estimate of drug-likeness (QED) is 0.445. The van der Waals surface area contributed by atoms with E-state index in [0.29, 0.717) is 18.7 Å². The number of para-hydroxylation sites is 1. The average molecular weight is 326 g/mol. The fourth-order valence-corrected chi connectivity index (χ4v) is 1.96. The second-order valence-corrected chi connectivity index (χ2v) is 5.11. The number of ether oxygens (including phenoxy) is 1. The van der Waals surface area contributed by atoms with Crippen molar-refractivity contribution in [2.75, 3.05) is 20.2 Å². The lowest BCUT2D eigenvalue weighted by Crippen LogP contribution is -2.29. The minimum atomic E-state index is -0.466. The number of amides is 1. The van der Waals surface area contributed by atoms with E-state index >= 15 is 0 Å². The molecular weight excluding hydrogens is 308 g/mol. The molecule has 0 heterocycles. The number of hydrogen-bond acceptors (Lipinski definition) is 4. The lowest BCUT2D eigenvalue weighted by molar-refractivity contribution is -0.384. The Labute approximate surface area is 140 Å². The Bertz CT molecular complexity index is 729. The van der Waals surface area contributed by atoms with Crippen LogP contribution in [0.25, 0.3) is 6.08 Å². The Morgan fingerprint density at radius 1 is 1.21 bits per heavy atom. The highest BCUT2D eigenvalue weighted by Gasteiger charge is 2.06. The van der Waals surface area contributed by atoms with Crippen molar-refractivity contribution in [3.8, 4) is 5.75 Å². The van der Waals surface area contributed by atoms with Crippen molar-refractivity contribution in [1.82, 2.24) is 4.90 Å². The first-order valence-electron chi connectivity index (χ1n) is 7.42. The molecule has 124 valence electrons. The minimum absolute atomic E-state index is 0.00536. The molecule has 0 aromatic heterocycles. The first-order valence-corrected chi connectivity index (χ1v) is 7.42. The molecule has 6 nitrogen and oxygen atoms in total. The van der Waals surface area contributed by atoms with Gasteiger partial charge in [-0.1, -0.05) is 30.3 Å². The van der Waals surface area contributed by atoms with Crippen LogP contribution in [0.4, 0.5) is 5.69 Å². The second-order valence-electron chi connectivity index (χ2n) is 5.11. The Hall–Kier alpha value is -3.15. The number of hydrogen-bond donors (Lipinski definition) is 0. The summed E-state index contributed by atoms with van der Waals surface area (Å²) in [5, 5.41) is 10.7. The molecule has 1 amide bonds. The summed E-state index contributed by atoms with van der Waals surface area (Å²) in [4.78, 5) is 23.8. The number of non-ortho nitro benzene ring substituents is 1. The zero-order valence-corrected chi connectivity index (χ0v) is 13.3. The monoisotopic (exact) mass is 326 g/mol. The maximum atomic E-state index is 12.0. The smallest absolute Gasteiger partial charge is 0.270 e. The van der Waals surface area contributed by atoms with Gasteiger partial charge in [0.25, 0.3) is 5.69 Å². The summed E-state index contributed by atoms with van der Waals surface area (Å²) in [5.74, 6) is 0.559. The van der Waals surface area contributed by atoms with Crippen LogP contribution in [0.2, 0.25) is 0 Å². The van der Waals surface area contributed by atoms with E-state index in [1.807, 2.05) is 30.3 Å². The fourth-order valence-electron chi connectivity index (χ4n) is 1.96. The number of nitrogens with zero attached hydrogens (tertiary/aromatic N) is 2. The van der Waals surface area contributed by atoms with Crippen molar-refractivity contribution in [1.29, 1.82) is 0 Å². The van der Waals surface area contributed by atoms with Crippen molar-refractivity contribution in [2.24, 2.45) is 0 Å². The van der Waals surface area contributed by atoms with Gasteiger partial charge < -0.3 is 9.64 Å². The van der Waals surface area contributed by atoms with Crippen LogP contribution in [-0.4, -0.2) is 35.9 Å². The Morgan fingerprint density at radius 3 is 2.67 bits per heavy atom. The number of nitro benzene ring substituents is 1. The zero-order valence-electron chi connectivity index (χ0n) is 13.3. The van der Waals surface area contributed by atoms with Gasteiger partial charge in [0.15, 0.2) is 0 Å². The molecule has 24 heavy (non-hydrogen) atoms. The van der Waals surface area contributed by atoms with Crippen molar-refractivity contribution in [3.05, 3.63) is 76.4 Å². The van der Waals surface area contributed by atoms with Crippen molar-refractivity contribution < 1.29 is 14.5 Å². The summed E-state index contributed by atoms with van der Waals surface area (Å²) in [5.41, 5.74) is 0.598. The fraction of sp³-hybridized carbons (Fsp3) is 0.167. The second kappa shape index (κ2) is 8.47. The first kappa shape index (κ1) is 17.2. The molecule has 0 radical (unpaired) electrons. The summed E-state index contributed by atoms with van der Waals surface area (Å²) in [6.07, 6.45) is 2.95. The van der Waals surface area contributed by atoms with Crippen LogP contribution in [0.3, 0.4) is 0 Å². The van der Waals surface area contributed by atoms with Gasteiger partial charge in [0.1, 0.15) is 12.4 Å². The molecule has 0 atom stereocenters. The van der Waals surface area contributed by atoms with E-state index < -0.39 is 4.92 Å². The highest BCUT2D eigenvalue weighted by atomic mass is 16.6. The Balaban J connectivity index is 1.84. The lowest BCUT2D eigenvalue weighted by atomic mass is 10.2. The van der Waals surface area contributed by atoms with Crippen LogP contribution in [0.5, 0.6) is 5.75 Å². The molecule has 0 aliphatic rings. The van der Waals surface area contributed by atoms with E-state index in [2.05, 4.69) is 0 Å². The predicted molar refractivity (Wildman–Crippen MR) is 91.7 cm³/mol. The largest absolute Gasteiger partial charge is 0.492 e. The van der Waals surface area contributed by atoms with Gasteiger partial charge in [-0.05, 0) is 23.8 Å². The minimum Gasteiger partial charge on any atom is -0.492 e. The third kappa shape index (κ3) is 5.24. The Kier molecular flexibility index (Phi) is 6.08. The highest BCUT2D eigenvalue weighted by molar-refractivity contribution is 5.91. The number of benzene rings is 2. The normalized spacial score (nSPS) is 10.5. The summed E-state index contributed by atoms with van der Waals surface area (Å²) in [7, 11) is 1.68. The average Bonchev–Trinajstić information content (AvgIpc) is 2.60. The van der Waals surface area contributed by atoms with Gasteiger partial charge in [-0.25, -0.2) is 0 Å². The molecule has 0 spiro atoms. The van der Waals surface area contributed by atoms with Crippen LogP contribution < -0.4 is 4.74 Å². The molecule has 0 fully saturated rings. The van der Waals surface area contributed by atoms with Gasteiger partial charge in [0.2, 0.25) is 5.91 Å². The molecule has 0 aliphatic carbocycles. The van der Waals surface area contributed by atoms with E-state index in [0.717, 1.165) is 5.75 Å². The number of likely N-dealkylation sites (N-methyl/N-ethyl adjacent to an activating group) is 1. The summed E-state index contributed by atoms with van der Waals surface area (Å²) in [6, 6.07) is 15.5. The molecular formula is C18H18N2O4. The first-order chi connectivity index (χ1) is 11.6. The third-order valence-corrected chi connectivity index (χ3v) is 3.31. The van der Waals surface area contributed by atoms with Crippen LogP contribution in [-0.2, 0) is 4.79 Å². The molecule has 6 heteroatoms.